The predicted molar refractivity (Wildman–Crippen MR) is 121 cm³/mol. The SMILES string of the molecule is C=CC(=O)Nc1cc(F)cc(-c2ccnc(Nc3ccc(O)c(N4CCOCC4)c3)n2)c1. The van der Waals surface area contributed by atoms with Crippen LogP contribution < -0.4 is 15.5 Å². The third-order valence-electron chi connectivity index (χ3n) is 4.89. The van der Waals surface area contributed by atoms with Crippen molar-refractivity contribution in [1.29, 1.82) is 0 Å². The van der Waals surface area contributed by atoms with Gasteiger partial charge in [0.1, 0.15) is 11.6 Å². The lowest BCUT2D eigenvalue weighted by Gasteiger charge is -2.29. The van der Waals surface area contributed by atoms with Gasteiger partial charge in [-0.25, -0.2) is 14.4 Å². The zero-order chi connectivity index (χ0) is 22.5. The normalized spacial score (nSPS) is 13.5. The second kappa shape index (κ2) is 9.44. The molecule has 32 heavy (non-hydrogen) atoms. The highest BCUT2D eigenvalue weighted by molar-refractivity contribution is 5.99. The Kier molecular flexibility index (Phi) is 6.27. The quantitative estimate of drug-likeness (QED) is 0.401. The summed E-state index contributed by atoms with van der Waals surface area (Å²) in [6.45, 7) is 5.97. The first kappa shape index (κ1) is 21.3. The Morgan fingerprint density at radius 2 is 1.97 bits per heavy atom. The number of carbonyl (C=O) groups is 1. The molecule has 1 fully saturated rings. The summed E-state index contributed by atoms with van der Waals surface area (Å²) in [5.41, 5.74) is 2.64. The maximum absolute atomic E-state index is 14.1. The number of aromatic hydroxyl groups is 1. The molecule has 1 aromatic heterocycles. The van der Waals surface area contributed by atoms with Crippen LogP contribution in [0.4, 0.5) is 27.4 Å². The van der Waals surface area contributed by atoms with Gasteiger partial charge in [0.2, 0.25) is 11.9 Å². The largest absolute Gasteiger partial charge is 0.506 e. The molecule has 0 spiro atoms. The van der Waals surface area contributed by atoms with Crippen LogP contribution in [-0.4, -0.2) is 47.3 Å². The van der Waals surface area contributed by atoms with E-state index in [9.17, 15) is 14.3 Å². The molecule has 9 heteroatoms. The first-order valence-electron chi connectivity index (χ1n) is 10.0. The number of benzene rings is 2. The van der Waals surface area contributed by atoms with Gasteiger partial charge in [0.05, 0.1) is 24.6 Å². The Morgan fingerprint density at radius 1 is 1.16 bits per heavy atom. The van der Waals surface area contributed by atoms with E-state index in [1.54, 1.807) is 30.5 Å². The Labute approximate surface area is 184 Å². The first-order valence-corrected chi connectivity index (χ1v) is 10.0. The van der Waals surface area contributed by atoms with E-state index in [-0.39, 0.29) is 5.75 Å². The van der Waals surface area contributed by atoms with E-state index in [2.05, 4.69) is 27.2 Å². The minimum absolute atomic E-state index is 0.181. The van der Waals surface area contributed by atoms with Crippen LogP contribution in [0, 0.1) is 5.82 Å². The Morgan fingerprint density at radius 3 is 2.75 bits per heavy atom. The molecule has 0 saturated carbocycles. The monoisotopic (exact) mass is 435 g/mol. The number of nitrogens with zero attached hydrogens (tertiary/aromatic N) is 3. The van der Waals surface area contributed by atoms with Crippen molar-refractivity contribution in [3.63, 3.8) is 0 Å². The number of hydrogen-bond acceptors (Lipinski definition) is 7. The van der Waals surface area contributed by atoms with E-state index < -0.39 is 11.7 Å². The van der Waals surface area contributed by atoms with E-state index >= 15 is 0 Å². The first-order chi connectivity index (χ1) is 15.5. The van der Waals surface area contributed by atoms with Gasteiger partial charge in [-0.2, -0.15) is 0 Å². The van der Waals surface area contributed by atoms with Crippen molar-refractivity contribution in [1.82, 2.24) is 9.97 Å². The number of phenolic OH excluding ortho intramolecular Hbond substituents is 1. The number of phenols is 1. The van der Waals surface area contributed by atoms with E-state index in [0.29, 0.717) is 60.6 Å². The van der Waals surface area contributed by atoms with Crippen molar-refractivity contribution < 1.29 is 19.0 Å². The van der Waals surface area contributed by atoms with Gasteiger partial charge in [-0.3, -0.25) is 4.79 Å². The summed E-state index contributed by atoms with van der Waals surface area (Å²) in [5.74, 6) is -0.457. The van der Waals surface area contributed by atoms with Crippen molar-refractivity contribution >= 4 is 28.9 Å². The highest BCUT2D eigenvalue weighted by atomic mass is 19.1. The van der Waals surface area contributed by atoms with Crippen molar-refractivity contribution in [3.05, 3.63) is 67.1 Å². The molecule has 2 aromatic carbocycles. The number of rotatable bonds is 6. The molecule has 2 heterocycles. The van der Waals surface area contributed by atoms with Gasteiger partial charge < -0.3 is 25.4 Å². The van der Waals surface area contributed by atoms with Gasteiger partial charge in [0.25, 0.3) is 0 Å². The number of halogens is 1. The van der Waals surface area contributed by atoms with E-state index in [4.69, 9.17) is 4.74 Å². The lowest BCUT2D eigenvalue weighted by molar-refractivity contribution is -0.111. The minimum Gasteiger partial charge on any atom is -0.506 e. The molecule has 164 valence electrons. The number of anilines is 4. The molecular weight excluding hydrogens is 413 g/mol. The minimum atomic E-state index is -0.510. The lowest BCUT2D eigenvalue weighted by atomic mass is 10.1. The van der Waals surface area contributed by atoms with Gasteiger partial charge in [-0.1, -0.05) is 6.58 Å². The standard InChI is InChI=1S/C23H22FN5O3/c1-2-22(31)26-18-12-15(11-16(24)13-18)19-5-6-25-23(28-19)27-17-3-4-21(30)20(14-17)29-7-9-32-10-8-29/h2-6,11-14,30H,1,7-10H2,(H,26,31)(H,25,27,28). The van der Waals surface area contributed by atoms with Crippen LogP contribution in [-0.2, 0) is 9.53 Å². The zero-order valence-electron chi connectivity index (χ0n) is 17.2. The lowest BCUT2D eigenvalue weighted by Crippen LogP contribution is -2.36. The fourth-order valence-corrected chi connectivity index (χ4v) is 3.37. The summed E-state index contributed by atoms with van der Waals surface area (Å²) in [7, 11) is 0. The molecule has 4 rings (SSSR count). The highest BCUT2D eigenvalue weighted by Gasteiger charge is 2.16. The second-order valence-corrected chi connectivity index (χ2v) is 7.12. The molecule has 1 saturated heterocycles. The summed E-state index contributed by atoms with van der Waals surface area (Å²) in [6, 6.07) is 11.0. The van der Waals surface area contributed by atoms with Crippen LogP contribution >= 0.6 is 0 Å². The molecule has 8 nitrogen and oxygen atoms in total. The topological polar surface area (TPSA) is 99.6 Å². The average Bonchev–Trinajstić information content (AvgIpc) is 2.80. The maximum Gasteiger partial charge on any atom is 0.247 e. The van der Waals surface area contributed by atoms with Crippen LogP contribution in [0.5, 0.6) is 5.75 Å². The molecule has 0 radical (unpaired) electrons. The Balaban J connectivity index is 1.58. The third kappa shape index (κ3) is 5.01. The summed E-state index contributed by atoms with van der Waals surface area (Å²) >= 11 is 0. The molecule has 0 bridgehead atoms. The van der Waals surface area contributed by atoms with E-state index in [1.807, 2.05) is 11.0 Å². The Bertz CT molecular complexity index is 1150. The van der Waals surface area contributed by atoms with Crippen LogP contribution in [0.2, 0.25) is 0 Å². The number of nitrogens with one attached hydrogen (secondary N) is 2. The van der Waals surface area contributed by atoms with Crippen molar-refractivity contribution in [2.24, 2.45) is 0 Å². The second-order valence-electron chi connectivity index (χ2n) is 7.12. The molecule has 0 unspecified atom stereocenters. The average molecular weight is 435 g/mol. The molecule has 3 N–H and O–H groups in total. The van der Waals surface area contributed by atoms with E-state index in [0.717, 1.165) is 6.08 Å². The van der Waals surface area contributed by atoms with Crippen molar-refractivity contribution in [2.75, 3.05) is 41.8 Å². The van der Waals surface area contributed by atoms with Crippen LogP contribution in [0.15, 0.2) is 61.3 Å². The van der Waals surface area contributed by atoms with Crippen LogP contribution in [0.1, 0.15) is 0 Å². The molecule has 0 atom stereocenters. The van der Waals surface area contributed by atoms with Gasteiger partial charge in [-0.05, 0) is 48.5 Å². The van der Waals surface area contributed by atoms with Gasteiger partial charge in [-0.15, -0.1) is 0 Å². The number of hydrogen-bond donors (Lipinski definition) is 3. The summed E-state index contributed by atoms with van der Waals surface area (Å²) < 4.78 is 19.5. The zero-order valence-corrected chi connectivity index (χ0v) is 17.2. The van der Waals surface area contributed by atoms with Crippen molar-refractivity contribution in [2.45, 2.75) is 0 Å². The number of amides is 1. The smallest absolute Gasteiger partial charge is 0.247 e. The molecule has 1 aliphatic heterocycles. The fourth-order valence-electron chi connectivity index (χ4n) is 3.37. The summed E-state index contributed by atoms with van der Waals surface area (Å²) in [6.07, 6.45) is 2.67. The van der Waals surface area contributed by atoms with E-state index in [1.165, 1.54) is 12.1 Å². The molecular formula is C23H22FN5O3. The van der Waals surface area contributed by atoms with Crippen LogP contribution in [0.25, 0.3) is 11.3 Å². The number of aromatic nitrogens is 2. The number of ether oxygens (including phenoxy) is 1. The fraction of sp³-hybridized carbons (Fsp3) is 0.174. The molecule has 3 aromatic rings. The third-order valence-corrected chi connectivity index (χ3v) is 4.89. The highest BCUT2D eigenvalue weighted by Crippen LogP contribution is 2.32. The number of carbonyl (C=O) groups excluding carboxylic acids is 1. The van der Waals surface area contributed by atoms with Gasteiger partial charge >= 0.3 is 0 Å². The molecule has 0 aliphatic carbocycles. The molecule has 1 amide bonds. The Hall–Kier alpha value is -3.98. The van der Waals surface area contributed by atoms with Crippen molar-refractivity contribution in [3.8, 4) is 17.0 Å². The summed E-state index contributed by atoms with van der Waals surface area (Å²) in [5, 5.41) is 15.9. The number of morpholine rings is 1. The molecule has 1 aliphatic rings. The summed E-state index contributed by atoms with van der Waals surface area (Å²) in [4.78, 5) is 22.3. The van der Waals surface area contributed by atoms with Gasteiger partial charge in [0, 0.05) is 36.2 Å². The van der Waals surface area contributed by atoms with Crippen LogP contribution in [0.3, 0.4) is 0 Å². The van der Waals surface area contributed by atoms with Gasteiger partial charge in [0.15, 0.2) is 0 Å². The predicted octanol–water partition coefficient (Wildman–Crippen LogP) is 3.69. The maximum atomic E-state index is 14.1.